The Morgan fingerprint density at radius 3 is 2.65 bits per heavy atom. The lowest BCUT2D eigenvalue weighted by Gasteiger charge is -2.21. The Hall–Kier alpha value is -3.93. The van der Waals surface area contributed by atoms with E-state index < -0.39 is 12.2 Å². The minimum Gasteiger partial charge on any atom is -0.308 e. The third-order valence-corrected chi connectivity index (χ3v) is 5.60. The van der Waals surface area contributed by atoms with Crippen molar-refractivity contribution >= 4 is 29.0 Å². The minimum absolute atomic E-state index is 0.225. The van der Waals surface area contributed by atoms with Crippen LogP contribution in [0.15, 0.2) is 77.8 Å². The number of amides is 3. The number of carbonyl (C=O) groups is 2. The second-order valence-electron chi connectivity index (χ2n) is 7.77. The summed E-state index contributed by atoms with van der Waals surface area (Å²) in [6.07, 6.45) is -0.225. The van der Waals surface area contributed by atoms with E-state index in [2.05, 4.69) is 10.6 Å². The van der Waals surface area contributed by atoms with E-state index in [1.165, 1.54) is 0 Å². The molecule has 1 unspecified atom stereocenters. The van der Waals surface area contributed by atoms with E-state index in [4.69, 9.17) is 4.99 Å². The Bertz CT molecular complexity index is 1200. The van der Waals surface area contributed by atoms with Gasteiger partial charge in [0.1, 0.15) is 0 Å². The largest absolute Gasteiger partial charge is 0.321 e. The first-order valence-corrected chi connectivity index (χ1v) is 10.3. The highest BCUT2D eigenvalue weighted by molar-refractivity contribution is 6.21. The molecule has 0 saturated heterocycles. The van der Waals surface area contributed by atoms with Crippen molar-refractivity contribution in [1.29, 1.82) is 0 Å². The summed E-state index contributed by atoms with van der Waals surface area (Å²) in [7, 11) is 0. The number of benzene rings is 3. The zero-order chi connectivity index (χ0) is 21.4. The molecule has 1 atom stereocenters. The Kier molecular flexibility index (Phi) is 4.75. The molecule has 0 aliphatic carbocycles. The summed E-state index contributed by atoms with van der Waals surface area (Å²) in [4.78, 5) is 32.6. The normalized spacial score (nSPS) is 16.9. The van der Waals surface area contributed by atoms with Gasteiger partial charge in [-0.05, 0) is 36.6 Å². The van der Waals surface area contributed by atoms with Crippen LogP contribution in [0.2, 0.25) is 0 Å². The van der Waals surface area contributed by atoms with Crippen molar-refractivity contribution in [1.82, 2.24) is 5.32 Å². The van der Waals surface area contributed by atoms with E-state index in [0.29, 0.717) is 17.9 Å². The van der Waals surface area contributed by atoms with Crippen LogP contribution in [0.25, 0.3) is 0 Å². The first-order chi connectivity index (χ1) is 15.1. The SMILES string of the molecule is Cc1cccc(NC(=O)NC2N=C(c3ccccc3)c3cccc4c3N(CC4)C2=O)c1. The first-order valence-electron chi connectivity index (χ1n) is 10.3. The quantitative estimate of drug-likeness (QED) is 0.688. The first kappa shape index (κ1) is 19.1. The lowest BCUT2D eigenvalue weighted by atomic mass is 9.98. The molecular formula is C25H22N4O2. The van der Waals surface area contributed by atoms with Crippen LogP contribution in [0.1, 0.15) is 22.3 Å². The van der Waals surface area contributed by atoms with E-state index in [1.807, 2.05) is 79.7 Å². The fourth-order valence-electron chi connectivity index (χ4n) is 4.20. The second kappa shape index (κ2) is 7.72. The number of urea groups is 1. The summed E-state index contributed by atoms with van der Waals surface area (Å²) in [6.45, 7) is 2.54. The standard InChI is InChI=1S/C25H22N4O2/c1-16-7-5-11-19(15-16)26-25(31)28-23-24(30)29-14-13-18-10-6-12-20(22(18)29)21(27-23)17-8-3-2-4-9-17/h2-12,15,23H,13-14H2,1H3,(H2,26,28,31). The summed E-state index contributed by atoms with van der Waals surface area (Å²) in [5, 5.41) is 5.57. The Balaban J connectivity index is 1.52. The topological polar surface area (TPSA) is 73.8 Å². The van der Waals surface area contributed by atoms with Gasteiger partial charge in [0.2, 0.25) is 6.17 Å². The maximum absolute atomic E-state index is 13.4. The fourth-order valence-corrected chi connectivity index (χ4v) is 4.20. The van der Waals surface area contributed by atoms with Crippen LogP contribution in [0.5, 0.6) is 0 Å². The van der Waals surface area contributed by atoms with E-state index in [0.717, 1.165) is 34.4 Å². The zero-order valence-electron chi connectivity index (χ0n) is 17.1. The van der Waals surface area contributed by atoms with Crippen molar-refractivity contribution < 1.29 is 9.59 Å². The van der Waals surface area contributed by atoms with Crippen LogP contribution in [-0.2, 0) is 11.2 Å². The van der Waals surface area contributed by atoms with Gasteiger partial charge in [-0.25, -0.2) is 9.79 Å². The summed E-state index contributed by atoms with van der Waals surface area (Å²) in [5.74, 6) is -0.225. The van der Waals surface area contributed by atoms with Gasteiger partial charge in [-0.1, -0.05) is 60.7 Å². The Morgan fingerprint density at radius 2 is 1.84 bits per heavy atom. The highest BCUT2D eigenvalue weighted by Gasteiger charge is 2.36. The number of hydrogen-bond acceptors (Lipinski definition) is 3. The van der Waals surface area contributed by atoms with Gasteiger partial charge in [0.15, 0.2) is 0 Å². The van der Waals surface area contributed by atoms with Gasteiger partial charge in [0.05, 0.1) is 11.4 Å². The molecule has 3 aromatic carbocycles. The molecular weight excluding hydrogens is 388 g/mol. The van der Waals surface area contributed by atoms with E-state index in [-0.39, 0.29) is 5.91 Å². The van der Waals surface area contributed by atoms with Crippen molar-refractivity contribution in [3.63, 3.8) is 0 Å². The fraction of sp³-hybridized carbons (Fsp3) is 0.160. The van der Waals surface area contributed by atoms with Crippen molar-refractivity contribution in [2.75, 3.05) is 16.8 Å². The van der Waals surface area contributed by atoms with Crippen LogP contribution in [0.4, 0.5) is 16.2 Å². The van der Waals surface area contributed by atoms with Gasteiger partial charge < -0.3 is 15.5 Å². The Morgan fingerprint density at radius 1 is 1.03 bits per heavy atom. The van der Waals surface area contributed by atoms with Crippen molar-refractivity contribution in [2.45, 2.75) is 19.5 Å². The molecule has 2 N–H and O–H groups in total. The van der Waals surface area contributed by atoms with Crippen LogP contribution in [0, 0.1) is 6.92 Å². The van der Waals surface area contributed by atoms with E-state index >= 15 is 0 Å². The van der Waals surface area contributed by atoms with Gasteiger partial charge in [-0.3, -0.25) is 4.79 Å². The molecule has 2 aliphatic heterocycles. The number of carbonyl (C=O) groups excluding carboxylic acids is 2. The third-order valence-electron chi connectivity index (χ3n) is 5.60. The summed E-state index contributed by atoms with van der Waals surface area (Å²) in [5.41, 5.74) is 6.25. The highest BCUT2D eigenvalue weighted by atomic mass is 16.2. The third kappa shape index (κ3) is 3.57. The number of anilines is 2. The number of aliphatic imine (C=N–C) groups is 1. The lowest BCUT2D eigenvalue weighted by Crippen LogP contribution is -2.48. The number of hydrogen-bond donors (Lipinski definition) is 2. The van der Waals surface area contributed by atoms with E-state index in [9.17, 15) is 9.59 Å². The molecule has 0 fully saturated rings. The summed E-state index contributed by atoms with van der Waals surface area (Å²) in [6, 6.07) is 22.8. The minimum atomic E-state index is -1.02. The molecule has 0 spiro atoms. The van der Waals surface area contributed by atoms with Crippen LogP contribution in [-0.4, -0.2) is 30.4 Å². The molecule has 0 radical (unpaired) electrons. The van der Waals surface area contributed by atoms with Gasteiger partial charge >= 0.3 is 6.03 Å². The summed E-state index contributed by atoms with van der Waals surface area (Å²) < 4.78 is 0. The molecule has 0 saturated carbocycles. The zero-order valence-corrected chi connectivity index (χ0v) is 17.1. The predicted octanol–water partition coefficient (Wildman–Crippen LogP) is 3.88. The van der Waals surface area contributed by atoms with Gasteiger partial charge in [0.25, 0.3) is 5.91 Å². The molecule has 6 heteroatoms. The molecule has 5 rings (SSSR count). The molecule has 3 aromatic rings. The molecule has 0 bridgehead atoms. The number of para-hydroxylation sites is 1. The van der Waals surface area contributed by atoms with Crippen molar-refractivity contribution in [3.05, 3.63) is 95.1 Å². The highest BCUT2D eigenvalue weighted by Crippen LogP contribution is 2.36. The van der Waals surface area contributed by atoms with Crippen molar-refractivity contribution in [2.24, 2.45) is 4.99 Å². The maximum Gasteiger partial charge on any atom is 0.321 e. The second-order valence-corrected chi connectivity index (χ2v) is 7.77. The average molecular weight is 410 g/mol. The van der Waals surface area contributed by atoms with Crippen molar-refractivity contribution in [3.8, 4) is 0 Å². The molecule has 154 valence electrons. The van der Waals surface area contributed by atoms with Gasteiger partial charge in [-0.2, -0.15) is 0 Å². The Labute approximate surface area is 180 Å². The number of nitrogens with one attached hydrogen (secondary N) is 2. The molecule has 31 heavy (non-hydrogen) atoms. The number of nitrogens with zero attached hydrogens (tertiary/aromatic N) is 2. The van der Waals surface area contributed by atoms with Gasteiger partial charge in [0, 0.05) is 23.4 Å². The number of rotatable bonds is 3. The van der Waals surface area contributed by atoms with E-state index in [1.54, 1.807) is 4.90 Å². The molecule has 0 aromatic heterocycles. The lowest BCUT2D eigenvalue weighted by molar-refractivity contribution is -0.120. The molecule has 2 aliphatic rings. The molecule has 6 nitrogen and oxygen atoms in total. The van der Waals surface area contributed by atoms with Gasteiger partial charge in [-0.15, -0.1) is 0 Å². The molecule has 2 heterocycles. The smallest absolute Gasteiger partial charge is 0.308 e. The average Bonchev–Trinajstić information content (AvgIpc) is 3.16. The van der Waals surface area contributed by atoms with Crippen LogP contribution >= 0.6 is 0 Å². The monoisotopic (exact) mass is 410 g/mol. The van der Waals surface area contributed by atoms with Crippen LogP contribution < -0.4 is 15.5 Å². The van der Waals surface area contributed by atoms with Crippen LogP contribution in [0.3, 0.4) is 0 Å². The summed E-state index contributed by atoms with van der Waals surface area (Å²) >= 11 is 0. The number of aryl methyl sites for hydroxylation is 1. The predicted molar refractivity (Wildman–Crippen MR) is 122 cm³/mol. The maximum atomic E-state index is 13.4. The molecule has 3 amide bonds.